The number of allylic oxidation sites excluding steroid dienone is 2. The standard InChI is InChI=1S/C42H44N2O4/c1-25-19-27(3)37(28(4)20-25)41(47)35(31(7)45)23-43-39(33-15-11-9-12-16-33)40(34-17-13-10-14-18-34)44-24-36(32(8)46)42(48)38-29(5)21-26(2)22-30(38)6/h9-24,39-40,47-48H,1-8H3/t39-,40-/m1/s1. The second-order valence-electron chi connectivity index (χ2n) is 12.5. The first kappa shape index (κ1) is 35.5. The minimum atomic E-state index is -0.662. The Balaban J connectivity index is 1.93. The highest BCUT2D eigenvalue weighted by Gasteiger charge is 2.25. The highest BCUT2D eigenvalue weighted by atomic mass is 16.3. The number of Topliss-reactive ketones (excluding diaryl/α,β-unsaturated/α-hetero) is 2. The number of benzene rings is 4. The fourth-order valence-corrected chi connectivity index (χ4v) is 6.32. The molecule has 0 saturated heterocycles. The number of aliphatic hydroxyl groups excluding tert-OH is 2. The van der Waals surface area contributed by atoms with Crippen LogP contribution in [0.5, 0.6) is 0 Å². The summed E-state index contributed by atoms with van der Waals surface area (Å²) in [5, 5.41) is 23.0. The van der Waals surface area contributed by atoms with Gasteiger partial charge in [0.25, 0.3) is 0 Å². The van der Waals surface area contributed by atoms with Crippen LogP contribution >= 0.6 is 0 Å². The predicted molar refractivity (Wildman–Crippen MR) is 197 cm³/mol. The summed E-state index contributed by atoms with van der Waals surface area (Å²) in [6.07, 6.45) is 2.86. The van der Waals surface area contributed by atoms with Gasteiger partial charge >= 0.3 is 0 Å². The summed E-state index contributed by atoms with van der Waals surface area (Å²) in [7, 11) is 0. The molecule has 0 radical (unpaired) electrons. The summed E-state index contributed by atoms with van der Waals surface area (Å²) in [6.45, 7) is 14.4. The van der Waals surface area contributed by atoms with Gasteiger partial charge in [-0.1, -0.05) is 96.1 Å². The van der Waals surface area contributed by atoms with Crippen molar-refractivity contribution in [2.45, 2.75) is 67.5 Å². The molecule has 0 heterocycles. The molecule has 0 aliphatic carbocycles. The molecular weight excluding hydrogens is 596 g/mol. The van der Waals surface area contributed by atoms with Gasteiger partial charge in [-0.25, -0.2) is 0 Å². The Morgan fingerprint density at radius 3 is 1.10 bits per heavy atom. The Bertz CT molecular complexity index is 1760. The lowest BCUT2D eigenvalue weighted by molar-refractivity contribution is -0.114. The van der Waals surface area contributed by atoms with Gasteiger partial charge in [0.1, 0.15) is 23.6 Å². The number of aliphatic hydroxyl groups is 2. The van der Waals surface area contributed by atoms with Gasteiger partial charge in [0, 0.05) is 23.6 Å². The molecule has 0 unspecified atom stereocenters. The van der Waals surface area contributed by atoms with E-state index in [0.29, 0.717) is 11.1 Å². The zero-order valence-electron chi connectivity index (χ0n) is 29.0. The number of hydrogen-bond acceptors (Lipinski definition) is 6. The predicted octanol–water partition coefficient (Wildman–Crippen LogP) is 9.58. The van der Waals surface area contributed by atoms with Crippen molar-refractivity contribution in [3.05, 3.63) is 152 Å². The molecule has 2 N–H and O–H groups in total. The van der Waals surface area contributed by atoms with E-state index in [9.17, 15) is 19.8 Å². The van der Waals surface area contributed by atoms with Crippen LogP contribution in [-0.2, 0) is 9.59 Å². The Morgan fingerprint density at radius 1 is 0.542 bits per heavy atom. The summed E-state index contributed by atoms with van der Waals surface area (Å²) in [5.74, 6) is -0.942. The molecule has 2 atom stereocenters. The summed E-state index contributed by atoms with van der Waals surface area (Å²) >= 11 is 0. The van der Waals surface area contributed by atoms with Crippen molar-refractivity contribution in [1.29, 1.82) is 0 Å². The van der Waals surface area contributed by atoms with Gasteiger partial charge in [0.05, 0.1) is 11.1 Å². The zero-order valence-corrected chi connectivity index (χ0v) is 29.0. The molecule has 0 fully saturated rings. The van der Waals surface area contributed by atoms with Gasteiger partial charge in [-0.15, -0.1) is 0 Å². The third kappa shape index (κ3) is 8.13. The zero-order chi connectivity index (χ0) is 35.1. The Labute approximate surface area is 283 Å². The van der Waals surface area contributed by atoms with Gasteiger partial charge in [-0.3, -0.25) is 19.6 Å². The Morgan fingerprint density at radius 2 is 0.833 bits per heavy atom. The van der Waals surface area contributed by atoms with Gasteiger partial charge in [0.15, 0.2) is 11.6 Å². The molecule has 0 spiro atoms. The van der Waals surface area contributed by atoms with Gasteiger partial charge in [-0.2, -0.15) is 0 Å². The van der Waals surface area contributed by atoms with E-state index in [1.165, 1.54) is 26.3 Å². The monoisotopic (exact) mass is 640 g/mol. The lowest BCUT2D eigenvalue weighted by Gasteiger charge is -2.22. The van der Waals surface area contributed by atoms with E-state index in [1.54, 1.807) is 0 Å². The molecule has 0 aliphatic heterocycles. The van der Waals surface area contributed by atoms with Crippen molar-refractivity contribution in [3.63, 3.8) is 0 Å². The summed E-state index contributed by atoms with van der Waals surface area (Å²) < 4.78 is 0. The molecule has 4 aromatic rings. The number of rotatable bonds is 11. The van der Waals surface area contributed by atoms with Crippen LogP contribution in [0.15, 0.2) is 106 Å². The average molecular weight is 641 g/mol. The van der Waals surface area contributed by atoms with Crippen LogP contribution in [0.4, 0.5) is 0 Å². The molecule has 48 heavy (non-hydrogen) atoms. The lowest BCUT2D eigenvalue weighted by Crippen LogP contribution is -2.12. The minimum absolute atomic E-state index is 0.0778. The van der Waals surface area contributed by atoms with Crippen LogP contribution in [-0.4, -0.2) is 34.2 Å². The van der Waals surface area contributed by atoms with Crippen LogP contribution in [0.3, 0.4) is 0 Å². The van der Waals surface area contributed by atoms with E-state index in [2.05, 4.69) is 0 Å². The van der Waals surface area contributed by atoms with E-state index in [1.807, 2.05) is 126 Å². The number of ketones is 2. The van der Waals surface area contributed by atoms with Crippen LogP contribution < -0.4 is 0 Å². The second kappa shape index (κ2) is 15.5. The number of aliphatic imine (C=N–C) groups is 2. The fourth-order valence-electron chi connectivity index (χ4n) is 6.32. The second-order valence-corrected chi connectivity index (χ2v) is 12.5. The number of nitrogens with zero attached hydrogens (tertiary/aromatic N) is 2. The Kier molecular flexibility index (Phi) is 11.5. The molecule has 0 aromatic heterocycles. The molecule has 0 amide bonds. The van der Waals surface area contributed by atoms with Crippen LogP contribution in [0.25, 0.3) is 11.5 Å². The maximum atomic E-state index is 13.0. The average Bonchev–Trinajstić information content (AvgIpc) is 3.01. The molecule has 4 rings (SSSR count). The van der Waals surface area contributed by atoms with Crippen molar-refractivity contribution in [2.24, 2.45) is 9.98 Å². The first-order chi connectivity index (χ1) is 22.8. The molecular formula is C42H44N2O4. The third-order valence-electron chi connectivity index (χ3n) is 8.41. The first-order valence-corrected chi connectivity index (χ1v) is 16.0. The molecule has 0 bridgehead atoms. The minimum Gasteiger partial charge on any atom is -0.506 e. The fraction of sp³-hybridized carbons (Fsp3) is 0.238. The van der Waals surface area contributed by atoms with E-state index in [4.69, 9.17) is 9.98 Å². The molecule has 4 aromatic carbocycles. The smallest absolute Gasteiger partial charge is 0.165 e. The highest BCUT2D eigenvalue weighted by Crippen LogP contribution is 2.36. The lowest BCUT2D eigenvalue weighted by atomic mass is 9.93. The summed E-state index contributed by atoms with van der Waals surface area (Å²) in [6, 6.07) is 25.7. The van der Waals surface area contributed by atoms with Crippen LogP contribution in [0.2, 0.25) is 0 Å². The third-order valence-corrected chi connectivity index (χ3v) is 8.41. The molecule has 0 aliphatic rings. The van der Waals surface area contributed by atoms with E-state index in [-0.39, 0.29) is 34.2 Å². The highest BCUT2D eigenvalue weighted by molar-refractivity contribution is 6.18. The van der Waals surface area contributed by atoms with Gasteiger partial charge in [0.2, 0.25) is 0 Å². The van der Waals surface area contributed by atoms with Crippen molar-refractivity contribution in [2.75, 3.05) is 0 Å². The maximum Gasteiger partial charge on any atom is 0.165 e. The van der Waals surface area contributed by atoms with Gasteiger partial charge in [-0.05, 0) is 88.8 Å². The van der Waals surface area contributed by atoms with Crippen LogP contribution in [0.1, 0.15) is 81.6 Å². The largest absolute Gasteiger partial charge is 0.506 e. The normalized spacial score (nSPS) is 14.1. The van der Waals surface area contributed by atoms with E-state index < -0.39 is 12.1 Å². The SMILES string of the molecule is CC(=O)C(C=N[C@H](c1ccccc1)[C@H](N=CC(C(C)=O)=C(O)c1c(C)cc(C)cc1C)c1ccccc1)=C(O)c1c(C)cc(C)cc1C. The number of carbonyl (C=O) groups excluding carboxylic acids is 2. The Hall–Kier alpha value is -5.36. The molecule has 246 valence electrons. The van der Waals surface area contributed by atoms with Crippen LogP contribution in [0, 0.1) is 41.5 Å². The van der Waals surface area contributed by atoms with Crippen molar-refractivity contribution in [3.8, 4) is 0 Å². The van der Waals surface area contributed by atoms with E-state index >= 15 is 0 Å². The van der Waals surface area contributed by atoms with Gasteiger partial charge < -0.3 is 10.2 Å². The molecule has 0 saturated carbocycles. The maximum absolute atomic E-state index is 13.0. The first-order valence-electron chi connectivity index (χ1n) is 16.0. The molecule has 6 nitrogen and oxygen atoms in total. The molecule has 6 heteroatoms. The topological polar surface area (TPSA) is 99.3 Å². The number of carbonyl (C=O) groups is 2. The number of aryl methyl sites for hydroxylation is 6. The summed E-state index contributed by atoms with van der Waals surface area (Å²) in [4.78, 5) is 35.9. The van der Waals surface area contributed by atoms with Crippen molar-refractivity contribution < 1.29 is 19.8 Å². The summed E-state index contributed by atoms with van der Waals surface area (Å²) in [5.41, 5.74) is 8.51. The van der Waals surface area contributed by atoms with E-state index in [0.717, 1.165) is 44.5 Å². The van der Waals surface area contributed by atoms with Crippen molar-refractivity contribution in [1.82, 2.24) is 0 Å². The van der Waals surface area contributed by atoms with Crippen molar-refractivity contribution >= 4 is 35.5 Å². The quantitative estimate of drug-likeness (QED) is 0.0969. The number of hydrogen-bond donors (Lipinski definition) is 2.